The molecule has 0 radical (unpaired) electrons. The SMILES string of the molecule is CCCOCCOCCOCCC(=O)NC(CCC(=O)NCCCCN)(CCC(=O)NCCCCS)CCC(=O)C(C)C. The average Bonchev–Trinajstić information content (AvgIpc) is 2.99. The van der Waals surface area contributed by atoms with Gasteiger partial charge in [-0.1, -0.05) is 20.8 Å². The molecule has 0 heterocycles. The summed E-state index contributed by atoms with van der Waals surface area (Å²) < 4.78 is 16.4. The third-order valence-corrected chi connectivity index (χ3v) is 7.30. The van der Waals surface area contributed by atoms with Crippen LogP contribution in [0.5, 0.6) is 0 Å². The number of amides is 3. The lowest BCUT2D eigenvalue weighted by Crippen LogP contribution is -2.50. The van der Waals surface area contributed by atoms with Crippen LogP contribution in [0.3, 0.4) is 0 Å². The molecule has 0 aromatic rings. The van der Waals surface area contributed by atoms with Crippen molar-refractivity contribution in [3.63, 3.8) is 0 Å². The summed E-state index contributed by atoms with van der Waals surface area (Å²) in [6, 6.07) is 0. The van der Waals surface area contributed by atoms with Gasteiger partial charge in [-0.25, -0.2) is 0 Å². The molecule has 0 aromatic carbocycles. The normalized spacial score (nSPS) is 12.6. The van der Waals surface area contributed by atoms with Crippen LogP contribution in [0.15, 0.2) is 0 Å². The number of hydrogen-bond donors (Lipinski definition) is 5. The van der Waals surface area contributed by atoms with Crippen LogP contribution in [0, 0.1) is 5.92 Å². The molecular formula is C31H60N4O7S. The van der Waals surface area contributed by atoms with E-state index in [9.17, 15) is 19.2 Å². The van der Waals surface area contributed by atoms with Crippen molar-refractivity contribution in [2.45, 2.75) is 103 Å². The van der Waals surface area contributed by atoms with Crippen LogP contribution < -0.4 is 21.7 Å². The van der Waals surface area contributed by atoms with E-state index in [1.165, 1.54) is 0 Å². The van der Waals surface area contributed by atoms with Gasteiger partial charge >= 0.3 is 0 Å². The molecule has 0 bridgehead atoms. The number of ketones is 1. The van der Waals surface area contributed by atoms with E-state index in [4.69, 9.17) is 19.9 Å². The predicted octanol–water partition coefficient (Wildman–Crippen LogP) is 2.94. The van der Waals surface area contributed by atoms with Crippen LogP contribution in [0.25, 0.3) is 0 Å². The summed E-state index contributed by atoms with van der Waals surface area (Å²) in [5.41, 5.74) is 4.65. The minimum absolute atomic E-state index is 0.0736. The molecule has 1 unspecified atom stereocenters. The van der Waals surface area contributed by atoms with Crippen LogP contribution in [0.4, 0.5) is 0 Å². The van der Waals surface area contributed by atoms with Crippen molar-refractivity contribution in [1.29, 1.82) is 0 Å². The first-order valence-electron chi connectivity index (χ1n) is 16.1. The number of ether oxygens (including phenoxy) is 3. The topological polar surface area (TPSA) is 158 Å². The molecular weight excluding hydrogens is 572 g/mol. The Morgan fingerprint density at radius 2 is 1.21 bits per heavy atom. The van der Waals surface area contributed by atoms with Gasteiger partial charge in [-0.15, -0.1) is 0 Å². The van der Waals surface area contributed by atoms with Crippen LogP contribution in [0.2, 0.25) is 0 Å². The molecule has 12 heteroatoms. The van der Waals surface area contributed by atoms with E-state index in [0.29, 0.717) is 71.9 Å². The van der Waals surface area contributed by atoms with E-state index in [1.54, 1.807) is 0 Å². The van der Waals surface area contributed by atoms with Crippen LogP contribution in [0.1, 0.15) is 97.8 Å². The van der Waals surface area contributed by atoms with Crippen molar-refractivity contribution >= 4 is 36.1 Å². The summed E-state index contributed by atoms with van der Waals surface area (Å²) in [6.07, 6.45) is 5.99. The quantitative estimate of drug-likeness (QED) is 0.0598. The summed E-state index contributed by atoms with van der Waals surface area (Å²) >= 11 is 4.20. The highest BCUT2D eigenvalue weighted by atomic mass is 32.1. The number of Topliss-reactive ketones (excluding diaryl/α,β-unsaturated/α-hetero) is 1. The van der Waals surface area contributed by atoms with Crippen LogP contribution in [-0.4, -0.2) is 94.1 Å². The molecule has 5 N–H and O–H groups in total. The summed E-state index contributed by atoms with van der Waals surface area (Å²) in [4.78, 5) is 51.0. The maximum absolute atomic E-state index is 13.1. The van der Waals surface area contributed by atoms with E-state index < -0.39 is 5.54 Å². The Bertz CT molecular complexity index is 728. The minimum Gasteiger partial charge on any atom is -0.379 e. The van der Waals surface area contributed by atoms with Gasteiger partial charge in [0.05, 0.1) is 33.0 Å². The zero-order valence-corrected chi connectivity index (χ0v) is 27.9. The summed E-state index contributed by atoms with van der Waals surface area (Å²) in [6.45, 7) is 10.1. The first-order valence-corrected chi connectivity index (χ1v) is 16.7. The van der Waals surface area contributed by atoms with Crippen molar-refractivity contribution in [2.24, 2.45) is 11.7 Å². The molecule has 252 valence electrons. The van der Waals surface area contributed by atoms with Gasteiger partial charge in [0.2, 0.25) is 17.7 Å². The molecule has 3 amide bonds. The van der Waals surface area contributed by atoms with Gasteiger partial charge in [-0.05, 0) is 63.7 Å². The standard InChI is InChI=1S/C31H60N4O7S/c1-4-19-40-21-23-42-24-22-41-20-12-30(39)35-31(13-9-27(36)26(2)3,14-10-28(37)33-17-6-5-16-32)15-11-29(38)34-18-7-8-25-43/h26,43H,4-25,32H2,1-3H3,(H,33,37)(H,34,38)(H,35,39). The summed E-state index contributed by atoms with van der Waals surface area (Å²) in [5.74, 6) is 0.178. The highest BCUT2D eigenvalue weighted by Crippen LogP contribution is 2.27. The van der Waals surface area contributed by atoms with Crippen LogP contribution in [-0.2, 0) is 33.4 Å². The monoisotopic (exact) mass is 632 g/mol. The molecule has 0 aromatic heterocycles. The highest BCUT2D eigenvalue weighted by molar-refractivity contribution is 7.80. The van der Waals surface area contributed by atoms with E-state index in [-0.39, 0.29) is 61.7 Å². The summed E-state index contributed by atoms with van der Waals surface area (Å²) in [7, 11) is 0. The number of rotatable bonds is 30. The number of carbonyl (C=O) groups excluding carboxylic acids is 4. The van der Waals surface area contributed by atoms with Crippen molar-refractivity contribution in [2.75, 3.05) is 65.0 Å². The van der Waals surface area contributed by atoms with Gasteiger partial charge < -0.3 is 35.9 Å². The molecule has 11 nitrogen and oxygen atoms in total. The molecule has 0 rings (SSSR count). The third kappa shape index (κ3) is 24.3. The Balaban J connectivity index is 5.25. The Labute approximate surface area is 265 Å². The molecule has 0 saturated carbocycles. The fraction of sp³-hybridized carbons (Fsp3) is 0.871. The zero-order chi connectivity index (χ0) is 32.2. The molecule has 1 atom stereocenters. The fourth-order valence-electron chi connectivity index (χ4n) is 4.27. The van der Waals surface area contributed by atoms with E-state index in [0.717, 1.165) is 37.9 Å². The Kier molecular flexibility index (Phi) is 26.7. The zero-order valence-electron chi connectivity index (χ0n) is 27.0. The number of nitrogens with two attached hydrogens (primary N) is 1. The number of nitrogens with one attached hydrogen (secondary N) is 3. The lowest BCUT2D eigenvalue weighted by Gasteiger charge is -2.35. The second-order valence-electron chi connectivity index (χ2n) is 11.2. The highest BCUT2D eigenvalue weighted by Gasteiger charge is 2.33. The average molecular weight is 633 g/mol. The van der Waals surface area contributed by atoms with Gasteiger partial charge in [0.25, 0.3) is 0 Å². The third-order valence-electron chi connectivity index (χ3n) is 6.99. The summed E-state index contributed by atoms with van der Waals surface area (Å²) in [5, 5.41) is 8.94. The number of thiol groups is 1. The lowest BCUT2D eigenvalue weighted by atomic mass is 9.81. The molecule has 0 spiro atoms. The molecule has 0 aliphatic rings. The predicted molar refractivity (Wildman–Crippen MR) is 173 cm³/mol. The minimum atomic E-state index is -0.889. The molecule has 43 heavy (non-hydrogen) atoms. The Morgan fingerprint density at radius 3 is 1.72 bits per heavy atom. The number of hydrogen-bond acceptors (Lipinski definition) is 9. The first kappa shape index (κ1) is 41.3. The molecule has 0 fully saturated rings. The smallest absolute Gasteiger partial charge is 0.222 e. The van der Waals surface area contributed by atoms with Crippen molar-refractivity contribution in [3.05, 3.63) is 0 Å². The van der Waals surface area contributed by atoms with E-state index >= 15 is 0 Å². The second kappa shape index (κ2) is 27.8. The maximum Gasteiger partial charge on any atom is 0.222 e. The van der Waals surface area contributed by atoms with Gasteiger partial charge in [-0.3, -0.25) is 19.2 Å². The van der Waals surface area contributed by atoms with Crippen molar-refractivity contribution < 1.29 is 33.4 Å². The fourth-order valence-corrected chi connectivity index (χ4v) is 4.49. The lowest BCUT2D eigenvalue weighted by molar-refractivity contribution is -0.128. The Morgan fingerprint density at radius 1 is 0.698 bits per heavy atom. The number of carbonyl (C=O) groups is 4. The largest absolute Gasteiger partial charge is 0.379 e. The van der Waals surface area contributed by atoms with E-state index in [1.807, 2.05) is 20.8 Å². The van der Waals surface area contributed by atoms with Gasteiger partial charge in [-0.2, -0.15) is 12.6 Å². The Hall–Kier alpha value is -1.73. The van der Waals surface area contributed by atoms with Crippen molar-refractivity contribution in [3.8, 4) is 0 Å². The molecule has 0 aliphatic heterocycles. The van der Waals surface area contributed by atoms with Gasteiger partial charge in [0, 0.05) is 56.8 Å². The number of unbranched alkanes of at least 4 members (excludes halogenated alkanes) is 2. The maximum atomic E-state index is 13.1. The first-order chi connectivity index (χ1) is 20.7. The molecule has 0 saturated heterocycles. The van der Waals surface area contributed by atoms with Crippen molar-refractivity contribution in [1.82, 2.24) is 16.0 Å². The van der Waals surface area contributed by atoms with Gasteiger partial charge in [0.15, 0.2) is 0 Å². The van der Waals surface area contributed by atoms with E-state index in [2.05, 4.69) is 28.6 Å². The molecule has 0 aliphatic carbocycles. The van der Waals surface area contributed by atoms with Crippen LogP contribution >= 0.6 is 12.6 Å². The van der Waals surface area contributed by atoms with Gasteiger partial charge in [0.1, 0.15) is 5.78 Å². The second-order valence-corrected chi connectivity index (χ2v) is 11.6.